The predicted octanol–water partition coefficient (Wildman–Crippen LogP) is 2.95. The Kier molecular flexibility index (Phi) is 5.03. The quantitative estimate of drug-likeness (QED) is 0.808. The Morgan fingerprint density at radius 3 is 2.76 bits per heavy atom. The van der Waals surface area contributed by atoms with Gasteiger partial charge in [0.15, 0.2) is 12.4 Å². The summed E-state index contributed by atoms with van der Waals surface area (Å²) in [6.45, 7) is 4.97. The van der Waals surface area contributed by atoms with Crippen molar-refractivity contribution in [3.63, 3.8) is 0 Å². The fourth-order valence-electron chi connectivity index (χ4n) is 3.27. The number of amides is 1. The molecule has 0 saturated heterocycles. The zero-order chi connectivity index (χ0) is 17.8. The van der Waals surface area contributed by atoms with Gasteiger partial charge in [-0.3, -0.25) is 4.79 Å². The molecule has 0 saturated carbocycles. The highest BCUT2D eigenvalue weighted by Gasteiger charge is 2.26. The molecule has 1 amide bonds. The van der Waals surface area contributed by atoms with Crippen LogP contribution in [-0.4, -0.2) is 35.5 Å². The van der Waals surface area contributed by atoms with Crippen molar-refractivity contribution in [3.8, 4) is 23.4 Å². The standard InChI is InChI=1S/C19H21N3O3/c1-3-22(4-2)17(23)12-25-19-15(11-20)13-7-5-8-14(13)18(21-19)16-9-6-10-24-16/h6,9-10H,3-5,7-8,12H2,1-2H3. The van der Waals surface area contributed by atoms with Crippen LogP contribution in [0.1, 0.15) is 37.0 Å². The van der Waals surface area contributed by atoms with Crippen molar-refractivity contribution in [2.75, 3.05) is 19.7 Å². The second-order valence-electron chi connectivity index (χ2n) is 5.90. The minimum Gasteiger partial charge on any atom is -0.467 e. The number of pyridine rings is 1. The van der Waals surface area contributed by atoms with E-state index in [0.717, 1.165) is 30.4 Å². The van der Waals surface area contributed by atoms with E-state index in [4.69, 9.17) is 9.15 Å². The van der Waals surface area contributed by atoms with Crippen molar-refractivity contribution in [2.45, 2.75) is 33.1 Å². The summed E-state index contributed by atoms with van der Waals surface area (Å²) in [6, 6.07) is 5.86. The first-order valence-electron chi connectivity index (χ1n) is 8.59. The van der Waals surface area contributed by atoms with Gasteiger partial charge < -0.3 is 14.1 Å². The number of ether oxygens (including phenoxy) is 1. The molecule has 0 bridgehead atoms. The van der Waals surface area contributed by atoms with Crippen molar-refractivity contribution in [1.29, 1.82) is 5.26 Å². The van der Waals surface area contributed by atoms with Gasteiger partial charge in [-0.25, -0.2) is 4.98 Å². The Hall–Kier alpha value is -2.81. The van der Waals surface area contributed by atoms with Crippen LogP contribution in [-0.2, 0) is 17.6 Å². The highest BCUT2D eigenvalue weighted by atomic mass is 16.5. The number of likely N-dealkylation sites (N-methyl/N-ethyl adjacent to an activating group) is 1. The highest BCUT2D eigenvalue weighted by Crippen LogP contribution is 2.37. The van der Waals surface area contributed by atoms with E-state index in [1.165, 1.54) is 0 Å². The molecule has 2 aromatic rings. The molecule has 2 heterocycles. The fourth-order valence-corrected chi connectivity index (χ4v) is 3.27. The number of hydrogen-bond donors (Lipinski definition) is 0. The Labute approximate surface area is 147 Å². The van der Waals surface area contributed by atoms with Crippen LogP contribution in [0.25, 0.3) is 11.5 Å². The van der Waals surface area contributed by atoms with E-state index >= 15 is 0 Å². The molecule has 1 aliphatic carbocycles. The molecule has 0 radical (unpaired) electrons. The van der Waals surface area contributed by atoms with Crippen LogP contribution >= 0.6 is 0 Å². The third-order valence-corrected chi connectivity index (χ3v) is 4.55. The van der Waals surface area contributed by atoms with Crippen molar-refractivity contribution in [2.24, 2.45) is 0 Å². The normalized spacial score (nSPS) is 12.5. The SMILES string of the molecule is CCN(CC)C(=O)COc1nc(-c2ccco2)c2c(c1C#N)CCC2. The smallest absolute Gasteiger partial charge is 0.260 e. The first-order valence-corrected chi connectivity index (χ1v) is 8.59. The van der Waals surface area contributed by atoms with Gasteiger partial charge in [-0.15, -0.1) is 0 Å². The van der Waals surface area contributed by atoms with Crippen molar-refractivity contribution in [3.05, 3.63) is 35.1 Å². The molecule has 0 aromatic carbocycles. The summed E-state index contributed by atoms with van der Waals surface area (Å²) in [5, 5.41) is 9.58. The van der Waals surface area contributed by atoms with E-state index < -0.39 is 0 Å². The van der Waals surface area contributed by atoms with Gasteiger partial charge in [0.1, 0.15) is 17.3 Å². The van der Waals surface area contributed by atoms with Crippen LogP contribution in [0.5, 0.6) is 5.88 Å². The number of nitriles is 1. The van der Waals surface area contributed by atoms with Crippen molar-refractivity contribution < 1.29 is 13.9 Å². The summed E-state index contributed by atoms with van der Waals surface area (Å²) >= 11 is 0. The minimum atomic E-state index is -0.125. The number of carbonyl (C=O) groups excluding carboxylic acids is 1. The Morgan fingerprint density at radius 2 is 2.12 bits per heavy atom. The van der Waals surface area contributed by atoms with Crippen LogP contribution in [0.4, 0.5) is 0 Å². The van der Waals surface area contributed by atoms with Crippen LogP contribution in [0.3, 0.4) is 0 Å². The van der Waals surface area contributed by atoms with E-state index in [1.54, 1.807) is 17.2 Å². The van der Waals surface area contributed by atoms with Crippen LogP contribution in [0.15, 0.2) is 22.8 Å². The number of carbonyl (C=O) groups is 1. The molecule has 0 atom stereocenters. The van der Waals surface area contributed by atoms with E-state index in [9.17, 15) is 10.1 Å². The average Bonchev–Trinajstić information content (AvgIpc) is 3.31. The lowest BCUT2D eigenvalue weighted by atomic mass is 10.0. The number of hydrogen-bond acceptors (Lipinski definition) is 5. The second kappa shape index (κ2) is 7.39. The minimum absolute atomic E-state index is 0.115. The molecule has 3 rings (SSSR count). The van der Waals surface area contributed by atoms with E-state index in [0.29, 0.717) is 30.1 Å². The summed E-state index contributed by atoms with van der Waals surface area (Å²) in [7, 11) is 0. The third-order valence-electron chi connectivity index (χ3n) is 4.55. The largest absolute Gasteiger partial charge is 0.467 e. The number of fused-ring (bicyclic) bond motifs is 1. The monoisotopic (exact) mass is 339 g/mol. The lowest BCUT2D eigenvalue weighted by Crippen LogP contribution is -2.34. The lowest BCUT2D eigenvalue weighted by Gasteiger charge is -2.19. The molecule has 0 fully saturated rings. The van der Waals surface area contributed by atoms with Crippen molar-refractivity contribution >= 4 is 5.91 Å². The van der Waals surface area contributed by atoms with Crippen LogP contribution in [0, 0.1) is 11.3 Å². The van der Waals surface area contributed by atoms with E-state index in [1.807, 2.05) is 19.9 Å². The molecule has 0 spiro atoms. The van der Waals surface area contributed by atoms with Crippen molar-refractivity contribution in [1.82, 2.24) is 9.88 Å². The number of furan rings is 1. The predicted molar refractivity (Wildman–Crippen MR) is 92.1 cm³/mol. The summed E-state index contributed by atoms with van der Waals surface area (Å²) < 4.78 is 11.2. The summed E-state index contributed by atoms with van der Waals surface area (Å²) in [4.78, 5) is 18.4. The van der Waals surface area contributed by atoms with Crippen LogP contribution < -0.4 is 4.74 Å². The Balaban J connectivity index is 1.95. The molecule has 2 aromatic heterocycles. The summed E-state index contributed by atoms with van der Waals surface area (Å²) in [5.74, 6) is 0.758. The Bertz CT molecular complexity index is 802. The van der Waals surface area contributed by atoms with Gasteiger partial charge in [-0.2, -0.15) is 5.26 Å². The second-order valence-corrected chi connectivity index (χ2v) is 5.90. The lowest BCUT2D eigenvalue weighted by molar-refractivity contribution is -0.133. The molecule has 0 aliphatic heterocycles. The summed E-state index contributed by atoms with van der Waals surface area (Å²) in [5.41, 5.74) is 3.17. The number of aromatic nitrogens is 1. The maximum Gasteiger partial charge on any atom is 0.260 e. The van der Waals surface area contributed by atoms with Gasteiger partial charge >= 0.3 is 0 Å². The van der Waals surface area contributed by atoms with Gasteiger partial charge in [-0.05, 0) is 56.4 Å². The van der Waals surface area contributed by atoms with E-state index in [2.05, 4.69) is 11.1 Å². The number of nitrogens with zero attached hydrogens (tertiary/aromatic N) is 3. The highest BCUT2D eigenvalue weighted by molar-refractivity contribution is 5.78. The average molecular weight is 339 g/mol. The van der Waals surface area contributed by atoms with Gasteiger partial charge in [0, 0.05) is 13.1 Å². The molecule has 6 heteroatoms. The molecular weight excluding hydrogens is 318 g/mol. The molecule has 6 nitrogen and oxygen atoms in total. The molecule has 0 unspecified atom stereocenters. The first-order chi connectivity index (χ1) is 12.2. The zero-order valence-corrected chi connectivity index (χ0v) is 14.5. The first kappa shape index (κ1) is 17.0. The van der Waals surface area contributed by atoms with Gasteiger partial charge in [-0.1, -0.05) is 0 Å². The zero-order valence-electron chi connectivity index (χ0n) is 14.5. The topological polar surface area (TPSA) is 79.4 Å². The summed E-state index contributed by atoms with van der Waals surface area (Å²) in [6.07, 6.45) is 4.25. The number of rotatable bonds is 6. The molecule has 130 valence electrons. The Morgan fingerprint density at radius 1 is 1.36 bits per heavy atom. The molecule has 1 aliphatic rings. The molecule has 25 heavy (non-hydrogen) atoms. The van der Waals surface area contributed by atoms with Crippen LogP contribution in [0.2, 0.25) is 0 Å². The third kappa shape index (κ3) is 3.22. The molecule has 0 N–H and O–H groups in total. The fraction of sp³-hybridized carbons (Fsp3) is 0.421. The molecular formula is C19H21N3O3. The maximum atomic E-state index is 12.2. The van der Waals surface area contributed by atoms with E-state index in [-0.39, 0.29) is 18.4 Å². The van der Waals surface area contributed by atoms with Gasteiger partial charge in [0.05, 0.1) is 6.26 Å². The van der Waals surface area contributed by atoms with Gasteiger partial charge in [0.25, 0.3) is 5.91 Å². The van der Waals surface area contributed by atoms with Gasteiger partial charge in [0.2, 0.25) is 5.88 Å². The maximum absolute atomic E-state index is 12.2.